The highest BCUT2D eigenvalue weighted by Crippen LogP contribution is 2.45. The minimum Gasteiger partial charge on any atom is -0.454 e. The molecule has 272 valence electrons. The molecule has 3 nitrogen and oxygen atoms in total. The van der Waals surface area contributed by atoms with Crippen molar-refractivity contribution in [2.45, 2.75) is 0 Å². The third-order valence-corrected chi connectivity index (χ3v) is 14.9. The van der Waals surface area contributed by atoms with Crippen molar-refractivity contribution in [3.8, 4) is 11.4 Å². The zero-order valence-electron chi connectivity index (χ0n) is 51.9. The summed E-state index contributed by atoms with van der Waals surface area (Å²) < 4.78 is 213. The lowest BCUT2D eigenvalue weighted by molar-refractivity contribution is 0.666. The summed E-state index contributed by atoms with van der Waals surface area (Å²) in [4.78, 5) is 0. The molecule has 12 rings (SSSR count). The highest BCUT2D eigenvalue weighted by molar-refractivity contribution is 7.19. The van der Waals surface area contributed by atoms with Gasteiger partial charge in [0.1, 0.15) is 5.58 Å². The van der Waals surface area contributed by atoms with E-state index in [2.05, 4.69) is 0 Å². The molecule has 0 atom stereocenters. The van der Waals surface area contributed by atoms with Gasteiger partial charge in [0, 0.05) is 32.6 Å². The van der Waals surface area contributed by atoms with Crippen molar-refractivity contribution in [3.63, 3.8) is 0 Å². The van der Waals surface area contributed by atoms with E-state index in [1.165, 1.54) is 33.4 Å². The van der Waals surface area contributed by atoms with Gasteiger partial charge in [0.2, 0.25) is 0 Å². The van der Waals surface area contributed by atoms with Crippen LogP contribution >= 0.6 is 0 Å². The Morgan fingerprint density at radius 2 is 1.02 bits per heavy atom. The average molecular weight is 779 g/mol. The molecule has 0 aliphatic rings. The zero-order chi connectivity index (χ0) is 57.4. The molecule has 0 bridgehead atoms. The van der Waals surface area contributed by atoms with Gasteiger partial charge in [-0.1, -0.05) is 175 Å². The monoisotopic (exact) mass is 778 g/mol. The molecule has 0 spiro atoms. The summed E-state index contributed by atoms with van der Waals surface area (Å²) in [7, 11) is -5.43. The van der Waals surface area contributed by atoms with Gasteiger partial charge in [-0.3, -0.25) is 0 Å². The maximum absolute atomic E-state index is 10.7. The summed E-state index contributed by atoms with van der Waals surface area (Å²) in [5, 5.41) is -0.801. The van der Waals surface area contributed by atoms with Crippen LogP contribution in [0.1, 0.15) is 30.2 Å². The van der Waals surface area contributed by atoms with E-state index in [1.54, 1.807) is 60.7 Å². The van der Waals surface area contributed by atoms with E-state index in [1.807, 2.05) is 0 Å². The van der Waals surface area contributed by atoms with Gasteiger partial charge in [-0.2, -0.15) is 0 Å². The first-order chi connectivity index (χ1) is 37.9. The van der Waals surface area contributed by atoms with Crippen LogP contribution in [-0.2, 0) is 0 Å². The number of aromatic nitrogens is 2. The van der Waals surface area contributed by atoms with Gasteiger partial charge in [0.05, 0.1) is 63.3 Å². The summed E-state index contributed by atoms with van der Waals surface area (Å²) in [6.07, 6.45) is 0. The molecule has 0 aliphatic heterocycles. The predicted molar refractivity (Wildman–Crippen MR) is 246 cm³/mol. The largest absolute Gasteiger partial charge is 0.454 e. The summed E-state index contributed by atoms with van der Waals surface area (Å²) in [6.45, 7) is 0. The number of hydrogen-bond donors (Lipinski definition) is 0. The Bertz CT molecular complexity index is 4610. The van der Waals surface area contributed by atoms with Crippen molar-refractivity contribution in [3.05, 3.63) is 218 Å². The topological polar surface area (TPSA) is 23.0 Å². The number of rotatable bonds is 6. The molecule has 0 unspecified atom stereocenters. The van der Waals surface area contributed by atoms with Crippen LogP contribution in [0.4, 0.5) is 0 Å². The lowest BCUT2D eigenvalue weighted by Gasteiger charge is -2.34. The maximum atomic E-state index is 10.7. The van der Waals surface area contributed by atoms with Crippen LogP contribution in [0.5, 0.6) is 0 Å². The fraction of sp³-hybridized carbons (Fsp3) is 0. The first-order valence-corrected chi connectivity index (χ1v) is 20.1. The van der Waals surface area contributed by atoms with Crippen LogP contribution in [-0.4, -0.2) is 17.2 Å². The molecule has 0 N–H and O–H groups in total. The summed E-state index contributed by atoms with van der Waals surface area (Å²) in [5.74, 6) is 0. The molecule has 0 saturated carbocycles. The van der Waals surface area contributed by atoms with E-state index in [4.69, 9.17) is 20.9 Å². The molecule has 9 aromatic carbocycles. The Labute approximate surface area is 367 Å². The summed E-state index contributed by atoms with van der Waals surface area (Å²) >= 11 is 0. The minimum absolute atomic E-state index is 0.000604. The molecule has 4 heteroatoms. The van der Waals surface area contributed by atoms with Crippen molar-refractivity contribution in [2.75, 3.05) is 0 Å². The first-order valence-electron chi connectivity index (χ1n) is 29.1. The number of benzene rings is 9. The SMILES string of the molecule is [2H]c1c([2H])c([2H])c([Si](c2ccccc2)(c2c([2H])c([2H])c([2H])c([2H])c2[2H])c2c([2H])c([2H])c([2H])c(-n3c4ccccc4c4cc(-n5c6c([2H])c([2H])c([2H])c([2H])c6c6c([2H])c([2H])c([2H])c([2H])c65)c5oc6ccccc6c5c43)c2[2H])c([2H])c1[2H]. The standard InChI is InChI=1S/C54H36N2OSi/c1-4-20-38(21-5-1)58(39-22-6-2-7-23-39,40-24-8-3-9-25-40)41-26-18-19-37(35-41)55-47-31-14-12-29-44(47)46-36-50(54-52(53(46)55)45-30-13-17-34-51(45)57-54)56-48-32-15-10-27-42(48)43-28-11-16-33-49(43)56/h1-36H/i1D,2D,4D,5D,6D,7D,10D,11D,15D,16D,18D,19D,20D,21D,22D,23D,26D,27D,28D,32D,33D,35D. The van der Waals surface area contributed by atoms with Crippen molar-refractivity contribution in [1.29, 1.82) is 0 Å². The maximum Gasteiger partial charge on any atom is 0.179 e. The second-order valence-corrected chi connectivity index (χ2v) is 17.1. The summed E-state index contributed by atoms with van der Waals surface area (Å²) in [6, 6.07) is 5.83. The van der Waals surface area contributed by atoms with Crippen molar-refractivity contribution < 1.29 is 34.6 Å². The number of furan rings is 1. The van der Waals surface area contributed by atoms with E-state index in [0.29, 0.717) is 16.2 Å². The summed E-state index contributed by atoms with van der Waals surface area (Å²) in [5.41, 5.74) is -0.130. The van der Waals surface area contributed by atoms with E-state index < -0.39 is 162 Å². The average Bonchev–Trinajstić information content (AvgIpc) is 4.15. The fourth-order valence-corrected chi connectivity index (χ4v) is 12.2. The predicted octanol–water partition coefficient (Wildman–Crippen LogP) is 11.2. The van der Waals surface area contributed by atoms with Crippen molar-refractivity contribution >= 4 is 94.4 Å². The number of hydrogen-bond acceptors (Lipinski definition) is 1. The Hall–Kier alpha value is -7.40. The molecule has 0 radical (unpaired) electrons. The van der Waals surface area contributed by atoms with Crippen LogP contribution in [0.3, 0.4) is 0 Å². The van der Waals surface area contributed by atoms with Crippen LogP contribution in [0.15, 0.2) is 222 Å². The molecule has 0 aliphatic carbocycles. The molecule has 3 heterocycles. The highest BCUT2D eigenvalue weighted by Gasteiger charge is 2.41. The van der Waals surface area contributed by atoms with E-state index in [0.717, 1.165) is 0 Å². The van der Waals surface area contributed by atoms with Crippen molar-refractivity contribution in [2.24, 2.45) is 0 Å². The molecular formula is C54H36N2OSi. The van der Waals surface area contributed by atoms with E-state index >= 15 is 0 Å². The molecule has 0 fully saturated rings. The molecule has 3 aromatic heterocycles. The zero-order valence-corrected chi connectivity index (χ0v) is 30.9. The lowest BCUT2D eigenvalue weighted by atomic mass is 10.1. The Balaban J connectivity index is 1.34. The van der Waals surface area contributed by atoms with Crippen LogP contribution in [0.25, 0.3) is 76.9 Å². The third-order valence-electron chi connectivity index (χ3n) is 10.7. The Morgan fingerprint density at radius 3 is 1.72 bits per heavy atom. The molecular weight excluding hydrogens is 721 g/mol. The molecule has 58 heavy (non-hydrogen) atoms. The van der Waals surface area contributed by atoms with Gasteiger partial charge >= 0.3 is 0 Å². The van der Waals surface area contributed by atoms with Crippen LogP contribution in [0, 0.1) is 0 Å². The Kier molecular flexibility index (Phi) is 3.94. The first kappa shape index (κ1) is 17.8. The normalized spacial score (nSPS) is 17.4. The van der Waals surface area contributed by atoms with E-state index in [-0.39, 0.29) is 60.3 Å². The highest BCUT2D eigenvalue weighted by atomic mass is 28.3. The van der Waals surface area contributed by atoms with Gasteiger partial charge in [-0.15, -0.1) is 0 Å². The number of para-hydroxylation sites is 4. The molecule has 0 amide bonds. The van der Waals surface area contributed by atoms with Gasteiger partial charge < -0.3 is 13.6 Å². The Morgan fingerprint density at radius 1 is 0.431 bits per heavy atom. The number of fused-ring (bicyclic) bond motifs is 10. The quantitative estimate of drug-likeness (QED) is 0.122. The minimum atomic E-state index is -5.43. The van der Waals surface area contributed by atoms with Gasteiger partial charge in [-0.05, 0) is 63.1 Å². The second-order valence-electron chi connectivity index (χ2n) is 13.6. The lowest BCUT2D eigenvalue weighted by Crippen LogP contribution is -2.74. The smallest absolute Gasteiger partial charge is 0.179 e. The van der Waals surface area contributed by atoms with E-state index in [9.17, 15) is 13.7 Å². The van der Waals surface area contributed by atoms with Gasteiger partial charge in [-0.25, -0.2) is 0 Å². The van der Waals surface area contributed by atoms with Crippen LogP contribution in [0.2, 0.25) is 0 Å². The van der Waals surface area contributed by atoms with Gasteiger partial charge in [0.25, 0.3) is 0 Å². The third kappa shape index (κ3) is 4.61. The molecule has 0 saturated heterocycles. The molecule has 12 aromatic rings. The number of nitrogens with zero attached hydrogens (tertiary/aromatic N) is 2. The fourth-order valence-electron chi connectivity index (χ4n) is 8.39. The van der Waals surface area contributed by atoms with Crippen molar-refractivity contribution in [1.82, 2.24) is 9.13 Å². The van der Waals surface area contributed by atoms with Gasteiger partial charge in [0.15, 0.2) is 13.7 Å². The second kappa shape index (κ2) is 12.8. The van der Waals surface area contributed by atoms with Crippen LogP contribution < -0.4 is 20.7 Å².